The van der Waals surface area contributed by atoms with Gasteiger partial charge >= 0.3 is 6.03 Å². The quantitative estimate of drug-likeness (QED) is 0.203. The molecular formula is C24H24IN9O3. The minimum absolute atomic E-state index is 0.106. The Hall–Kier alpha value is -4.32. The number of hydrogen-bond acceptors (Lipinski definition) is 10. The Morgan fingerprint density at radius 1 is 0.865 bits per heavy atom. The van der Waals surface area contributed by atoms with Crippen molar-refractivity contribution in [2.45, 2.75) is 26.7 Å². The number of rotatable bonds is 6. The zero-order chi connectivity index (χ0) is 27.0. The van der Waals surface area contributed by atoms with Crippen LogP contribution in [0.2, 0.25) is 0 Å². The summed E-state index contributed by atoms with van der Waals surface area (Å²) in [6.07, 6.45) is 0.795. The van der Waals surface area contributed by atoms with E-state index in [1.165, 1.54) is 0 Å². The number of urea groups is 1. The topological polar surface area (TPSA) is 188 Å². The van der Waals surface area contributed by atoms with Gasteiger partial charge in [-0.25, -0.2) is 4.79 Å². The van der Waals surface area contributed by atoms with Crippen LogP contribution in [0, 0.1) is 20.3 Å². The average molecular weight is 613 g/mol. The van der Waals surface area contributed by atoms with Gasteiger partial charge in [0.2, 0.25) is 29.7 Å². The third-order valence-corrected chi connectivity index (χ3v) is 6.27. The number of benzene rings is 2. The van der Waals surface area contributed by atoms with E-state index in [2.05, 4.69) is 64.9 Å². The van der Waals surface area contributed by atoms with Crippen molar-refractivity contribution in [3.8, 4) is 6.07 Å². The molecule has 37 heavy (non-hydrogen) atoms. The minimum Gasteiger partial charge on any atom is -0.368 e. The van der Waals surface area contributed by atoms with Crippen molar-refractivity contribution in [2.75, 3.05) is 16.4 Å². The molecule has 1 aromatic heterocycles. The number of nitrogens with one attached hydrogen (secondary N) is 4. The number of halogens is 1. The van der Waals surface area contributed by atoms with Gasteiger partial charge in [0.1, 0.15) is 5.41 Å². The predicted octanol–water partition coefficient (Wildman–Crippen LogP) is 3.58. The monoisotopic (exact) mass is 613 g/mol. The lowest BCUT2D eigenvalue weighted by Gasteiger charge is -2.31. The number of nitrogens with two attached hydrogens (primary N) is 1. The fourth-order valence-electron chi connectivity index (χ4n) is 3.40. The van der Waals surface area contributed by atoms with Crippen LogP contribution in [-0.2, 0) is 9.59 Å². The van der Waals surface area contributed by atoms with Gasteiger partial charge < -0.3 is 16.4 Å². The first-order chi connectivity index (χ1) is 17.7. The fourth-order valence-corrected chi connectivity index (χ4v) is 3.76. The molecule has 1 saturated heterocycles. The van der Waals surface area contributed by atoms with E-state index >= 15 is 0 Å². The van der Waals surface area contributed by atoms with Gasteiger partial charge in [-0.2, -0.15) is 20.2 Å². The van der Waals surface area contributed by atoms with Crippen molar-refractivity contribution < 1.29 is 14.4 Å². The van der Waals surface area contributed by atoms with Gasteiger partial charge in [0, 0.05) is 14.9 Å². The van der Waals surface area contributed by atoms with Gasteiger partial charge in [0.15, 0.2) is 0 Å². The second kappa shape index (κ2) is 12.1. The zero-order valence-corrected chi connectivity index (χ0v) is 22.2. The van der Waals surface area contributed by atoms with E-state index in [0.29, 0.717) is 30.3 Å². The largest absolute Gasteiger partial charge is 0.368 e. The van der Waals surface area contributed by atoms with Crippen molar-refractivity contribution in [2.24, 2.45) is 5.41 Å². The number of nitrogen functional groups attached to an aromatic ring is 1. The van der Waals surface area contributed by atoms with Crippen molar-refractivity contribution in [1.29, 1.82) is 5.26 Å². The molecule has 0 spiro atoms. The van der Waals surface area contributed by atoms with E-state index < -0.39 is 23.3 Å². The second-order valence-corrected chi connectivity index (χ2v) is 9.06. The highest BCUT2D eigenvalue weighted by molar-refractivity contribution is 14.1. The number of barbiturate groups is 1. The molecule has 4 rings (SSSR count). The summed E-state index contributed by atoms with van der Waals surface area (Å²) >= 11 is 2.24. The standard InChI is InChI=1S/C16H12IN7.C8H12N2O3/c17-11-3-7-13(8-4-11)21-16-23-14(19)22-15(24-16)20-12-5-1-10(9-18)2-6-12;1-3-8(4-2)5(11)9-7(13)10-6(8)12/h1-8H,(H4,19,20,21,22,23,24);3-4H2,1-2H3,(H2,9,10,11,12,13). The molecule has 1 fully saturated rings. The molecule has 190 valence electrons. The third-order valence-electron chi connectivity index (χ3n) is 5.55. The number of carbonyl (C=O) groups excluding carboxylic acids is 3. The Labute approximate surface area is 226 Å². The maximum Gasteiger partial charge on any atom is 0.328 e. The number of aromatic nitrogens is 3. The average Bonchev–Trinajstić information content (AvgIpc) is 2.86. The molecule has 4 amide bonds. The zero-order valence-electron chi connectivity index (χ0n) is 20.0. The molecule has 2 heterocycles. The summed E-state index contributed by atoms with van der Waals surface area (Å²) in [5, 5.41) is 19.1. The van der Waals surface area contributed by atoms with Crippen LogP contribution in [0.5, 0.6) is 0 Å². The summed E-state index contributed by atoms with van der Waals surface area (Å²) in [5.74, 6) is -0.216. The van der Waals surface area contributed by atoms with E-state index in [9.17, 15) is 14.4 Å². The van der Waals surface area contributed by atoms with E-state index in [-0.39, 0.29) is 5.95 Å². The van der Waals surface area contributed by atoms with Gasteiger partial charge in [0.05, 0.1) is 11.6 Å². The number of carbonyl (C=O) groups is 3. The summed E-state index contributed by atoms with van der Waals surface area (Å²) in [6, 6.07) is 16.1. The van der Waals surface area contributed by atoms with Crippen molar-refractivity contribution in [3.63, 3.8) is 0 Å². The highest BCUT2D eigenvalue weighted by Crippen LogP contribution is 2.28. The maximum absolute atomic E-state index is 11.4. The molecule has 0 bridgehead atoms. The number of imide groups is 2. The number of amides is 4. The molecule has 0 atom stereocenters. The van der Waals surface area contributed by atoms with Gasteiger partial charge in [0.25, 0.3) is 0 Å². The molecule has 1 aliphatic heterocycles. The predicted molar refractivity (Wildman–Crippen MR) is 146 cm³/mol. The Balaban J connectivity index is 0.000000248. The molecule has 12 nitrogen and oxygen atoms in total. The van der Waals surface area contributed by atoms with Crippen LogP contribution >= 0.6 is 22.6 Å². The molecule has 3 aromatic rings. The molecule has 0 radical (unpaired) electrons. The van der Waals surface area contributed by atoms with E-state index in [1.54, 1.807) is 38.1 Å². The van der Waals surface area contributed by atoms with E-state index in [4.69, 9.17) is 11.0 Å². The smallest absolute Gasteiger partial charge is 0.328 e. The van der Waals surface area contributed by atoms with Crippen LogP contribution in [-0.4, -0.2) is 32.8 Å². The number of nitrogens with zero attached hydrogens (tertiary/aromatic N) is 4. The van der Waals surface area contributed by atoms with Gasteiger partial charge in [-0.05, 0) is 84.0 Å². The highest BCUT2D eigenvalue weighted by atomic mass is 127. The lowest BCUT2D eigenvalue weighted by Crippen LogP contribution is -2.61. The highest BCUT2D eigenvalue weighted by Gasteiger charge is 2.47. The lowest BCUT2D eigenvalue weighted by atomic mass is 9.79. The minimum atomic E-state index is -1.06. The van der Waals surface area contributed by atoms with Crippen molar-refractivity contribution in [3.05, 3.63) is 57.7 Å². The number of anilines is 5. The molecule has 13 heteroatoms. The summed E-state index contributed by atoms with van der Waals surface area (Å²) in [7, 11) is 0. The molecular weight excluding hydrogens is 589 g/mol. The summed E-state index contributed by atoms with van der Waals surface area (Å²) in [6.45, 7) is 3.50. The van der Waals surface area contributed by atoms with Crippen molar-refractivity contribution in [1.82, 2.24) is 25.6 Å². The van der Waals surface area contributed by atoms with Gasteiger partial charge in [-0.15, -0.1) is 0 Å². The first-order valence-corrected chi connectivity index (χ1v) is 12.2. The normalized spacial score (nSPS) is 13.8. The molecule has 2 aromatic carbocycles. The fraction of sp³-hybridized carbons (Fsp3) is 0.208. The van der Waals surface area contributed by atoms with Crippen LogP contribution in [0.15, 0.2) is 48.5 Å². The Bertz CT molecular complexity index is 1310. The molecule has 0 unspecified atom stereocenters. The summed E-state index contributed by atoms with van der Waals surface area (Å²) in [4.78, 5) is 46.0. The van der Waals surface area contributed by atoms with Crippen LogP contribution in [0.4, 0.5) is 34.0 Å². The molecule has 1 aliphatic rings. The van der Waals surface area contributed by atoms with Gasteiger partial charge in [-0.3, -0.25) is 20.2 Å². The Morgan fingerprint density at radius 2 is 1.32 bits per heavy atom. The maximum atomic E-state index is 11.4. The molecule has 0 aliphatic carbocycles. The second-order valence-electron chi connectivity index (χ2n) is 7.81. The first kappa shape index (κ1) is 27.3. The molecule has 0 saturated carbocycles. The van der Waals surface area contributed by atoms with Crippen molar-refractivity contribution >= 4 is 69.7 Å². The summed E-state index contributed by atoms with van der Waals surface area (Å²) < 4.78 is 1.14. The first-order valence-electron chi connectivity index (χ1n) is 11.2. The van der Waals surface area contributed by atoms with Gasteiger partial charge in [-0.1, -0.05) is 13.8 Å². The third kappa shape index (κ3) is 6.88. The van der Waals surface area contributed by atoms with E-state index in [1.807, 2.05) is 24.3 Å². The van der Waals surface area contributed by atoms with Crippen LogP contribution in [0.25, 0.3) is 0 Å². The van der Waals surface area contributed by atoms with Crippen LogP contribution in [0.3, 0.4) is 0 Å². The Kier molecular flexibility index (Phi) is 8.90. The lowest BCUT2D eigenvalue weighted by molar-refractivity contribution is -0.144. The van der Waals surface area contributed by atoms with Crippen LogP contribution < -0.4 is 27.0 Å². The summed E-state index contributed by atoms with van der Waals surface area (Å²) in [5.41, 5.74) is 6.87. The Morgan fingerprint density at radius 3 is 1.76 bits per heavy atom. The molecule has 6 N–H and O–H groups in total. The number of hydrogen-bond donors (Lipinski definition) is 5. The number of nitriles is 1. The SMILES string of the molecule is CCC1(CC)C(=O)NC(=O)NC1=O.N#Cc1ccc(Nc2nc(N)nc(Nc3ccc(I)cc3)n2)cc1. The van der Waals surface area contributed by atoms with Crippen LogP contribution in [0.1, 0.15) is 32.3 Å². The van der Waals surface area contributed by atoms with E-state index in [0.717, 1.165) is 14.9 Å².